The summed E-state index contributed by atoms with van der Waals surface area (Å²) >= 11 is 5.43. The molecule has 0 aliphatic rings. The van der Waals surface area contributed by atoms with Crippen molar-refractivity contribution in [2.75, 3.05) is 6.61 Å². The van der Waals surface area contributed by atoms with Gasteiger partial charge in [0.25, 0.3) is 0 Å². The average Bonchev–Trinajstić information content (AvgIpc) is 2.22. The Kier molecular flexibility index (Phi) is 3.85. The third-order valence-corrected chi connectivity index (χ3v) is 2.07. The van der Waals surface area contributed by atoms with E-state index in [4.69, 9.17) is 22.2 Å². The van der Waals surface area contributed by atoms with E-state index in [1.807, 2.05) is 0 Å². The second kappa shape index (κ2) is 4.93. The predicted molar refractivity (Wildman–Crippen MR) is 50.3 cm³/mol. The molecule has 1 atom stereocenters. The fourth-order valence-corrected chi connectivity index (χ4v) is 1.26. The summed E-state index contributed by atoms with van der Waals surface area (Å²) < 4.78 is 26.6. The normalized spacial score (nSPS) is 12.0. The molecule has 0 fully saturated rings. The van der Waals surface area contributed by atoms with Crippen LogP contribution in [-0.2, 0) is 0 Å². The number of aliphatic hydroxyl groups is 1. The largest absolute Gasteiger partial charge is 0.396 e. The highest BCUT2D eigenvalue weighted by molar-refractivity contribution is 6.30. The lowest BCUT2D eigenvalue weighted by atomic mass is 10.1. The number of halogens is 3. The Balaban J connectivity index is 3.33. The van der Waals surface area contributed by atoms with Gasteiger partial charge in [-0.15, -0.1) is 0 Å². The smallest absolute Gasteiger partial charge is 0.148 e. The molecule has 0 saturated carbocycles. The predicted octanol–water partition coefficient (Wildman–Crippen LogP) is 2.96. The molecule has 0 radical (unpaired) electrons. The van der Waals surface area contributed by atoms with Gasteiger partial charge in [-0.2, -0.15) is 0 Å². The lowest BCUT2D eigenvalue weighted by Crippen LogP contribution is -2.06. The van der Waals surface area contributed by atoms with E-state index in [9.17, 15) is 8.78 Å². The van der Waals surface area contributed by atoms with Crippen LogP contribution >= 0.6 is 11.6 Å². The highest BCUT2D eigenvalue weighted by Gasteiger charge is 2.20. The van der Waals surface area contributed by atoms with Crippen LogP contribution in [0.25, 0.3) is 10.4 Å². The summed E-state index contributed by atoms with van der Waals surface area (Å²) in [7, 11) is 0. The van der Waals surface area contributed by atoms with E-state index in [1.165, 1.54) is 0 Å². The molecule has 0 aliphatic carbocycles. The lowest BCUT2D eigenvalue weighted by Gasteiger charge is -2.11. The van der Waals surface area contributed by atoms with Crippen molar-refractivity contribution in [2.24, 2.45) is 5.11 Å². The summed E-state index contributed by atoms with van der Waals surface area (Å²) in [5, 5.41) is 11.6. The minimum Gasteiger partial charge on any atom is -0.396 e. The quantitative estimate of drug-likeness (QED) is 0.371. The molecule has 0 aromatic heterocycles. The highest BCUT2D eigenvalue weighted by Crippen LogP contribution is 2.28. The Morgan fingerprint density at radius 2 is 2.20 bits per heavy atom. The Morgan fingerprint density at radius 1 is 1.53 bits per heavy atom. The molecule has 0 bridgehead atoms. The molecule has 0 heterocycles. The Hall–Kier alpha value is -1.36. The summed E-state index contributed by atoms with van der Waals surface area (Å²) in [6, 6.07) is 0.671. The third kappa shape index (κ3) is 2.36. The zero-order chi connectivity index (χ0) is 11.4. The molecule has 80 valence electrons. The molecule has 1 aromatic carbocycles. The first-order valence-corrected chi connectivity index (χ1v) is 4.28. The molecule has 1 N–H and O–H groups in total. The Morgan fingerprint density at radius 3 is 2.73 bits per heavy atom. The SMILES string of the molecule is [N-]=[N+]=NC(CO)c1c(F)ccc(Cl)c1F. The van der Waals surface area contributed by atoms with E-state index in [-0.39, 0.29) is 5.02 Å². The van der Waals surface area contributed by atoms with Gasteiger partial charge in [0.2, 0.25) is 0 Å². The van der Waals surface area contributed by atoms with E-state index in [2.05, 4.69) is 10.0 Å². The molecule has 15 heavy (non-hydrogen) atoms. The van der Waals surface area contributed by atoms with Crippen molar-refractivity contribution in [3.05, 3.63) is 44.8 Å². The van der Waals surface area contributed by atoms with E-state index in [0.29, 0.717) is 0 Å². The summed E-state index contributed by atoms with van der Waals surface area (Å²) in [5.41, 5.74) is 7.62. The summed E-state index contributed by atoms with van der Waals surface area (Å²) in [4.78, 5) is 2.38. The van der Waals surface area contributed by atoms with Crippen molar-refractivity contribution in [3.63, 3.8) is 0 Å². The second-order valence-electron chi connectivity index (χ2n) is 2.66. The van der Waals surface area contributed by atoms with Crippen LogP contribution < -0.4 is 0 Å². The Bertz CT molecular complexity index is 421. The van der Waals surface area contributed by atoms with Gasteiger partial charge in [0.05, 0.1) is 17.7 Å². The molecular weight excluding hydrogens is 228 g/mol. The van der Waals surface area contributed by atoms with Crippen LogP contribution in [0.3, 0.4) is 0 Å². The van der Waals surface area contributed by atoms with Crippen molar-refractivity contribution < 1.29 is 13.9 Å². The molecule has 0 aliphatic heterocycles. The number of nitrogens with zero attached hydrogens (tertiary/aromatic N) is 3. The van der Waals surface area contributed by atoms with E-state index in [0.717, 1.165) is 12.1 Å². The van der Waals surface area contributed by atoms with Crippen molar-refractivity contribution >= 4 is 11.6 Å². The fourth-order valence-electron chi connectivity index (χ4n) is 1.10. The van der Waals surface area contributed by atoms with Crippen LogP contribution in [0.5, 0.6) is 0 Å². The number of azide groups is 1. The van der Waals surface area contributed by atoms with E-state index >= 15 is 0 Å². The van der Waals surface area contributed by atoms with Gasteiger partial charge >= 0.3 is 0 Å². The summed E-state index contributed by atoms with van der Waals surface area (Å²) in [6.45, 7) is -0.696. The molecule has 1 unspecified atom stereocenters. The summed E-state index contributed by atoms with van der Waals surface area (Å²) in [5.74, 6) is -1.94. The lowest BCUT2D eigenvalue weighted by molar-refractivity contribution is 0.262. The minimum absolute atomic E-state index is 0.294. The van der Waals surface area contributed by atoms with Gasteiger partial charge in [-0.3, -0.25) is 0 Å². The first kappa shape index (κ1) is 11.7. The molecule has 4 nitrogen and oxygen atoms in total. The van der Waals surface area contributed by atoms with Gasteiger partial charge < -0.3 is 5.11 Å². The third-order valence-electron chi connectivity index (χ3n) is 1.78. The molecule has 1 rings (SSSR count). The van der Waals surface area contributed by atoms with Gasteiger partial charge in [0.15, 0.2) is 0 Å². The maximum Gasteiger partial charge on any atom is 0.148 e. The fraction of sp³-hybridized carbons (Fsp3) is 0.250. The number of aliphatic hydroxyl groups excluding tert-OH is 1. The van der Waals surface area contributed by atoms with Gasteiger partial charge in [-0.25, -0.2) is 8.78 Å². The van der Waals surface area contributed by atoms with Crippen LogP contribution in [0.15, 0.2) is 17.2 Å². The highest BCUT2D eigenvalue weighted by atomic mass is 35.5. The van der Waals surface area contributed by atoms with Crippen molar-refractivity contribution in [3.8, 4) is 0 Å². The van der Waals surface area contributed by atoms with Gasteiger partial charge in [-0.05, 0) is 17.7 Å². The van der Waals surface area contributed by atoms with E-state index in [1.54, 1.807) is 0 Å². The zero-order valence-corrected chi connectivity index (χ0v) is 8.12. The van der Waals surface area contributed by atoms with Crippen LogP contribution in [0.1, 0.15) is 11.6 Å². The number of hydrogen-bond acceptors (Lipinski definition) is 2. The average molecular weight is 234 g/mol. The van der Waals surface area contributed by atoms with Crippen LogP contribution in [-0.4, -0.2) is 11.7 Å². The Labute approximate surface area is 88.7 Å². The second-order valence-corrected chi connectivity index (χ2v) is 3.07. The molecule has 0 amide bonds. The minimum atomic E-state index is -1.31. The standard InChI is InChI=1S/C8H6ClF2N3O/c9-4-1-2-5(10)7(8(4)11)6(3-15)13-14-12/h1-2,6,15H,3H2. The van der Waals surface area contributed by atoms with E-state index < -0.39 is 29.8 Å². The van der Waals surface area contributed by atoms with Crippen molar-refractivity contribution in [2.45, 2.75) is 6.04 Å². The van der Waals surface area contributed by atoms with Gasteiger partial charge in [0.1, 0.15) is 11.6 Å². The number of hydrogen-bond donors (Lipinski definition) is 1. The molecule has 1 aromatic rings. The molecular formula is C8H6ClF2N3O. The van der Waals surface area contributed by atoms with Crippen molar-refractivity contribution in [1.82, 2.24) is 0 Å². The van der Waals surface area contributed by atoms with Gasteiger partial charge in [0, 0.05) is 10.5 Å². The van der Waals surface area contributed by atoms with Gasteiger partial charge in [-0.1, -0.05) is 16.7 Å². The van der Waals surface area contributed by atoms with Crippen LogP contribution in [0.2, 0.25) is 5.02 Å². The van der Waals surface area contributed by atoms with Crippen LogP contribution in [0, 0.1) is 11.6 Å². The summed E-state index contributed by atoms with van der Waals surface area (Å²) in [6.07, 6.45) is 0. The number of rotatable bonds is 3. The van der Waals surface area contributed by atoms with Crippen LogP contribution in [0.4, 0.5) is 8.78 Å². The maximum atomic E-state index is 13.4. The number of benzene rings is 1. The first-order chi connectivity index (χ1) is 7.11. The maximum absolute atomic E-state index is 13.4. The topological polar surface area (TPSA) is 69.0 Å². The molecule has 7 heteroatoms. The monoisotopic (exact) mass is 233 g/mol. The van der Waals surface area contributed by atoms with Crippen molar-refractivity contribution in [1.29, 1.82) is 0 Å². The molecule has 0 saturated heterocycles. The first-order valence-electron chi connectivity index (χ1n) is 3.90. The zero-order valence-electron chi connectivity index (χ0n) is 7.36. The molecule has 0 spiro atoms.